The number of hydrogen-bond donors (Lipinski definition) is 1. The number of likely N-dealkylation sites (N-methyl/N-ethyl adjacent to an activating group) is 1. The number of rotatable bonds is 2. The molecule has 1 fully saturated rings. The fourth-order valence-electron chi connectivity index (χ4n) is 3.99. The Kier molecular flexibility index (Phi) is 5.73. The van der Waals surface area contributed by atoms with E-state index in [0.29, 0.717) is 5.56 Å². The SMILES string of the molecule is Cc1cnc2nc1Oc1cccc(c1F)C[C@H]1[C@@H](NS(C)(=O)=O)C(F)(F)CN1C(=O)CN2C. The largest absolute Gasteiger partial charge is 0.435 e. The van der Waals surface area contributed by atoms with Crippen molar-refractivity contribution in [2.24, 2.45) is 0 Å². The molecule has 0 unspecified atom stereocenters. The number of hydrogen-bond acceptors (Lipinski definition) is 7. The van der Waals surface area contributed by atoms with Crippen LogP contribution in [0.1, 0.15) is 11.1 Å². The zero-order valence-electron chi connectivity index (χ0n) is 18.0. The molecule has 2 aliphatic rings. The van der Waals surface area contributed by atoms with E-state index in [1.54, 1.807) is 6.92 Å². The number of nitrogens with zero attached hydrogens (tertiary/aromatic N) is 4. The highest BCUT2D eigenvalue weighted by atomic mass is 32.2. The molecule has 1 saturated heterocycles. The van der Waals surface area contributed by atoms with Crippen LogP contribution in [0.4, 0.5) is 19.1 Å². The topological polar surface area (TPSA) is 105 Å². The number of carbonyl (C=O) groups excluding carboxylic acids is 1. The maximum absolute atomic E-state index is 15.3. The van der Waals surface area contributed by atoms with Crippen LogP contribution in [0.15, 0.2) is 24.4 Å². The maximum Gasteiger partial charge on any atom is 0.283 e. The molecule has 1 aromatic heterocycles. The fraction of sp³-hybridized carbons (Fsp3) is 0.450. The Morgan fingerprint density at radius 1 is 1.30 bits per heavy atom. The second-order valence-electron chi connectivity index (χ2n) is 8.27. The average Bonchev–Trinajstić information content (AvgIpc) is 2.95. The number of ether oxygens (including phenoxy) is 1. The van der Waals surface area contributed by atoms with E-state index < -0.39 is 46.3 Å². The van der Waals surface area contributed by atoms with Crippen LogP contribution in [0.5, 0.6) is 11.6 Å². The van der Waals surface area contributed by atoms with Crippen molar-refractivity contribution in [2.45, 2.75) is 31.4 Å². The first-order valence-electron chi connectivity index (χ1n) is 10.0. The zero-order valence-corrected chi connectivity index (χ0v) is 18.9. The smallest absolute Gasteiger partial charge is 0.283 e. The molecule has 1 amide bonds. The molecule has 3 heterocycles. The maximum atomic E-state index is 15.3. The van der Waals surface area contributed by atoms with Crippen molar-refractivity contribution in [3.63, 3.8) is 0 Å². The number of anilines is 1. The Hall–Kier alpha value is -2.93. The number of nitrogens with one attached hydrogen (secondary N) is 1. The van der Waals surface area contributed by atoms with Gasteiger partial charge in [-0.15, -0.1) is 0 Å². The molecule has 0 aliphatic carbocycles. The number of sulfonamides is 1. The molecule has 178 valence electrons. The van der Waals surface area contributed by atoms with Crippen LogP contribution in [0.3, 0.4) is 0 Å². The third-order valence-electron chi connectivity index (χ3n) is 5.59. The minimum absolute atomic E-state index is 0.00663. The van der Waals surface area contributed by atoms with Gasteiger partial charge in [0.25, 0.3) is 5.92 Å². The summed E-state index contributed by atoms with van der Waals surface area (Å²) in [6.07, 6.45) is 1.84. The number of amides is 1. The van der Waals surface area contributed by atoms with Crippen molar-refractivity contribution in [1.82, 2.24) is 19.6 Å². The van der Waals surface area contributed by atoms with Crippen molar-refractivity contribution in [3.05, 3.63) is 41.3 Å². The minimum Gasteiger partial charge on any atom is -0.435 e. The van der Waals surface area contributed by atoms with Gasteiger partial charge in [0.05, 0.1) is 25.4 Å². The number of carbonyl (C=O) groups is 1. The predicted octanol–water partition coefficient (Wildman–Crippen LogP) is 1.47. The van der Waals surface area contributed by atoms with Crippen LogP contribution in [-0.2, 0) is 21.2 Å². The summed E-state index contributed by atoms with van der Waals surface area (Å²) in [5.41, 5.74) is 0.517. The monoisotopic (exact) mass is 485 g/mol. The number of fused-ring (bicyclic) bond motifs is 5. The van der Waals surface area contributed by atoms with Crippen molar-refractivity contribution < 1.29 is 31.1 Å². The molecule has 33 heavy (non-hydrogen) atoms. The molecule has 4 rings (SSSR count). The van der Waals surface area contributed by atoms with Gasteiger partial charge in [0, 0.05) is 18.8 Å². The van der Waals surface area contributed by atoms with Crippen LogP contribution < -0.4 is 14.4 Å². The number of halogens is 3. The summed E-state index contributed by atoms with van der Waals surface area (Å²) in [5, 5.41) is 0. The Bertz CT molecular complexity index is 1210. The van der Waals surface area contributed by atoms with Gasteiger partial charge in [-0.05, 0) is 25.0 Å². The lowest BCUT2D eigenvalue weighted by Gasteiger charge is -2.29. The number of benzene rings is 1. The summed E-state index contributed by atoms with van der Waals surface area (Å²) in [5.74, 6) is -5.12. The van der Waals surface area contributed by atoms with Crippen molar-refractivity contribution in [1.29, 1.82) is 0 Å². The Morgan fingerprint density at radius 2 is 2.03 bits per heavy atom. The first-order valence-corrected chi connectivity index (χ1v) is 11.9. The third-order valence-corrected chi connectivity index (χ3v) is 6.27. The molecule has 1 aromatic carbocycles. The Labute approximate surface area is 188 Å². The van der Waals surface area contributed by atoms with E-state index in [1.165, 1.54) is 36.3 Å². The van der Waals surface area contributed by atoms with Gasteiger partial charge in [0.15, 0.2) is 11.6 Å². The van der Waals surface area contributed by atoms with E-state index in [4.69, 9.17) is 4.74 Å². The highest BCUT2D eigenvalue weighted by Crippen LogP contribution is 2.37. The molecule has 2 atom stereocenters. The molecule has 2 aliphatic heterocycles. The van der Waals surface area contributed by atoms with Crippen LogP contribution in [0.2, 0.25) is 0 Å². The average molecular weight is 485 g/mol. The quantitative estimate of drug-likeness (QED) is 0.687. The van der Waals surface area contributed by atoms with Gasteiger partial charge < -0.3 is 14.5 Å². The van der Waals surface area contributed by atoms with Crippen molar-refractivity contribution in [2.75, 3.05) is 31.3 Å². The highest BCUT2D eigenvalue weighted by molar-refractivity contribution is 7.88. The summed E-state index contributed by atoms with van der Waals surface area (Å²) >= 11 is 0. The molecule has 1 N–H and O–H groups in total. The van der Waals surface area contributed by atoms with Crippen molar-refractivity contribution >= 4 is 21.9 Å². The van der Waals surface area contributed by atoms with Gasteiger partial charge in [0.1, 0.15) is 6.04 Å². The van der Waals surface area contributed by atoms with Crippen LogP contribution in [0, 0.1) is 12.7 Å². The summed E-state index contributed by atoms with van der Waals surface area (Å²) in [7, 11) is -2.55. The minimum atomic E-state index is -4.05. The highest BCUT2D eigenvalue weighted by Gasteiger charge is 2.57. The third kappa shape index (κ3) is 4.60. The summed E-state index contributed by atoms with van der Waals surface area (Å²) in [6, 6.07) is 0.946. The molecule has 4 bridgehead atoms. The lowest BCUT2D eigenvalue weighted by Crippen LogP contribution is -2.52. The van der Waals surface area contributed by atoms with E-state index in [0.717, 1.165) is 11.2 Å². The second kappa shape index (κ2) is 8.13. The van der Waals surface area contributed by atoms with Crippen molar-refractivity contribution in [3.8, 4) is 11.6 Å². The molecule has 0 saturated carbocycles. The van der Waals surface area contributed by atoms with Gasteiger partial charge in [-0.25, -0.2) is 31.3 Å². The molecular weight excluding hydrogens is 463 g/mol. The van der Waals surface area contributed by atoms with Gasteiger partial charge in [-0.1, -0.05) is 12.1 Å². The standard InChI is InChI=1S/C20H22F3N5O4S/c1-11-8-24-19-25-18(11)32-14-6-4-5-12(16(14)21)7-13-17(26-33(3,30)31)20(22,23)10-28(13)15(29)9-27(19)2/h4-6,8,13,17,26H,7,9-10H2,1-3H3/t13-,17+/m0/s1. The van der Waals surface area contributed by atoms with Gasteiger partial charge >= 0.3 is 0 Å². The van der Waals surface area contributed by atoms with Crippen LogP contribution in [-0.4, -0.2) is 73.6 Å². The van der Waals surface area contributed by atoms with E-state index >= 15 is 4.39 Å². The molecule has 13 heteroatoms. The zero-order chi connectivity index (χ0) is 24.1. The second-order valence-corrected chi connectivity index (χ2v) is 10.0. The molecular formula is C20H22F3N5O4S. The van der Waals surface area contributed by atoms with E-state index in [2.05, 4.69) is 9.97 Å². The summed E-state index contributed by atoms with van der Waals surface area (Å²) in [4.78, 5) is 23.7. The first kappa shape index (κ1) is 23.2. The Balaban J connectivity index is 1.85. The van der Waals surface area contributed by atoms with E-state index in [1.807, 2.05) is 4.72 Å². The fourth-order valence-corrected chi connectivity index (χ4v) is 4.78. The number of aromatic nitrogens is 2. The lowest BCUT2D eigenvalue weighted by atomic mass is 9.98. The van der Waals surface area contributed by atoms with E-state index in [9.17, 15) is 22.0 Å². The Morgan fingerprint density at radius 3 is 2.73 bits per heavy atom. The predicted molar refractivity (Wildman–Crippen MR) is 112 cm³/mol. The first-order chi connectivity index (χ1) is 15.4. The molecule has 2 aromatic rings. The molecule has 0 spiro atoms. The normalized spacial score (nSPS) is 22.7. The summed E-state index contributed by atoms with van der Waals surface area (Å²) in [6.45, 7) is 0.291. The van der Waals surface area contributed by atoms with Crippen LogP contribution >= 0.6 is 0 Å². The molecule has 9 nitrogen and oxygen atoms in total. The number of aryl methyl sites for hydroxylation is 1. The van der Waals surface area contributed by atoms with E-state index in [-0.39, 0.29) is 36.1 Å². The number of alkyl halides is 2. The lowest BCUT2D eigenvalue weighted by molar-refractivity contribution is -0.131. The van der Waals surface area contributed by atoms with Gasteiger partial charge in [0.2, 0.25) is 27.8 Å². The van der Waals surface area contributed by atoms with Gasteiger partial charge in [-0.3, -0.25) is 4.79 Å². The van der Waals surface area contributed by atoms with Gasteiger partial charge in [-0.2, -0.15) is 4.98 Å². The molecule has 0 radical (unpaired) electrons. The van der Waals surface area contributed by atoms with Crippen LogP contribution in [0.25, 0.3) is 0 Å². The summed E-state index contributed by atoms with van der Waals surface area (Å²) < 4.78 is 76.4.